The number of rotatable bonds is 1. The molecule has 0 aromatic carbocycles. The highest BCUT2D eigenvalue weighted by atomic mass is 32.2. The first-order chi connectivity index (χ1) is 5.83. The first-order valence-electron chi connectivity index (χ1n) is 3.63. The molecular formula is C8H9N3S. The minimum absolute atomic E-state index is 0.946. The van der Waals surface area contributed by atoms with E-state index in [0.29, 0.717) is 0 Å². The van der Waals surface area contributed by atoms with Crippen molar-refractivity contribution in [1.82, 2.24) is 14.5 Å². The van der Waals surface area contributed by atoms with Crippen molar-refractivity contribution in [1.29, 1.82) is 0 Å². The van der Waals surface area contributed by atoms with Gasteiger partial charge in [0.15, 0.2) is 5.65 Å². The molecule has 2 heterocycles. The van der Waals surface area contributed by atoms with E-state index in [1.165, 1.54) is 4.90 Å². The Morgan fingerprint density at radius 1 is 1.42 bits per heavy atom. The van der Waals surface area contributed by atoms with Crippen molar-refractivity contribution in [2.45, 2.75) is 4.90 Å². The van der Waals surface area contributed by atoms with Gasteiger partial charge >= 0.3 is 0 Å². The number of aromatic nitrogens is 3. The molecule has 2 aromatic heterocycles. The molecule has 2 aromatic rings. The summed E-state index contributed by atoms with van der Waals surface area (Å²) in [6.07, 6.45) is 5.65. The highest BCUT2D eigenvalue weighted by Crippen LogP contribution is 2.22. The predicted molar refractivity (Wildman–Crippen MR) is 50.3 cm³/mol. The number of fused-ring (bicyclic) bond motifs is 1. The Balaban J connectivity index is 2.81. The summed E-state index contributed by atoms with van der Waals surface area (Å²) in [6, 6.07) is 1.99. The third kappa shape index (κ3) is 0.992. The van der Waals surface area contributed by atoms with Crippen molar-refractivity contribution < 1.29 is 0 Å². The monoisotopic (exact) mass is 179 g/mol. The van der Waals surface area contributed by atoms with E-state index >= 15 is 0 Å². The van der Waals surface area contributed by atoms with Crippen LogP contribution in [-0.4, -0.2) is 20.8 Å². The third-order valence-electron chi connectivity index (χ3n) is 1.78. The molecule has 2 rings (SSSR count). The third-order valence-corrected chi connectivity index (χ3v) is 2.55. The molecule has 0 saturated heterocycles. The van der Waals surface area contributed by atoms with E-state index in [-0.39, 0.29) is 0 Å². The molecule has 0 aliphatic rings. The number of pyridine rings is 1. The number of nitrogens with zero attached hydrogens (tertiary/aromatic N) is 3. The van der Waals surface area contributed by atoms with E-state index in [0.717, 1.165) is 11.2 Å². The number of imidazole rings is 1. The van der Waals surface area contributed by atoms with Gasteiger partial charge in [0.05, 0.1) is 6.33 Å². The van der Waals surface area contributed by atoms with Crippen LogP contribution < -0.4 is 0 Å². The van der Waals surface area contributed by atoms with Gasteiger partial charge in [-0.05, 0) is 12.3 Å². The molecule has 0 N–H and O–H groups in total. The molecule has 0 radical (unpaired) electrons. The zero-order valence-corrected chi connectivity index (χ0v) is 7.80. The summed E-state index contributed by atoms with van der Waals surface area (Å²) in [6.45, 7) is 0. The molecule has 3 nitrogen and oxygen atoms in total. The first kappa shape index (κ1) is 7.61. The van der Waals surface area contributed by atoms with E-state index in [2.05, 4.69) is 9.97 Å². The summed E-state index contributed by atoms with van der Waals surface area (Å²) in [5, 5.41) is 0. The van der Waals surface area contributed by atoms with Gasteiger partial charge in [-0.2, -0.15) is 0 Å². The summed E-state index contributed by atoms with van der Waals surface area (Å²) in [7, 11) is 1.95. The van der Waals surface area contributed by atoms with Crippen LogP contribution in [0.5, 0.6) is 0 Å². The molecule has 12 heavy (non-hydrogen) atoms. The Hall–Kier alpha value is -1.03. The molecule has 0 unspecified atom stereocenters. The standard InChI is InChI=1S/C8H9N3S/c1-11-5-10-7-6(12-2)3-4-9-8(7)11/h3-5H,1-2H3. The minimum atomic E-state index is 0.946. The van der Waals surface area contributed by atoms with Crippen LogP contribution in [0.15, 0.2) is 23.5 Å². The number of thioether (sulfide) groups is 1. The van der Waals surface area contributed by atoms with Gasteiger partial charge in [0.1, 0.15) is 5.52 Å². The molecule has 0 aliphatic carbocycles. The smallest absolute Gasteiger partial charge is 0.160 e. The van der Waals surface area contributed by atoms with Gasteiger partial charge in [0.2, 0.25) is 0 Å². The van der Waals surface area contributed by atoms with Crippen LogP contribution >= 0.6 is 11.8 Å². The Labute approximate surface area is 74.8 Å². The lowest BCUT2D eigenvalue weighted by molar-refractivity contribution is 0.930. The van der Waals surface area contributed by atoms with Crippen molar-refractivity contribution >= 4 is 22.9 Å². The molecule has 62 valence electrons. The van der Waals surface area contributed by atoms with Gasteiger partial charge in [-0.15, -0.1) is 11.8 Å². The minimum Gasteiger partial charge on any atom is -0.318 e. The van der Waals surface area contributed by atoms with Crippen molar-refractivity contribution in [2.75, 3.05) is 6.26 Å². The highest BCUT2D eigenvalue weighted by Gasteiger charge is 2.04. The maximum absolute atomic E-state index is 4.27. The molecule has 0 bridgehead atoms. The topological polar surface area (TPSA) is 30.7 Å². The van der Waals surface area contributed by atoms with Gasteiger partial charge in [-0.3, -0.25) is 0 Å². The average Bonchev–Trinajstić information content (AvgIpc) is 2.48. The van der Waals surface area contributed by atoms with E-state index in [1.54, 1.807) is 18.1 Å². The fourth-order valence-electron chi connectivity index (χ4n) is 1.17. The second-order valence-electron chi connectivity index (χ2n) is 2.54. The first-order valence-corrected chi connectivity index (χ1v) is 4.85. The van der Waals surface area contributed by atoms with Crippen LogP contribution in [0, 0.1) is 0 Å². The van der Waals surface area contributed by atoms with Crippen LogP contribution in [0.4, 0.5) is 0 Å². The lowest BCUT2D eigenvalue weighted by Crippen LogP contribution is -1.87. The lowest BCUT2D eigenvalue weighted by atomic mass is 10.4. The Morgan fingerprint density at radius 3 is 3.00 bits per heavy atom. The van der Waals surface area contributed by atoms with Gasteiger partial charge in [-0.1, -0.05) is 0 Å². The van der Waals surface area contributed by atoms with Crippen LogP contribution in [0.1, 0.15) is 0 Å². The molecule has 0 atom stereocenters. The van der Waals surface area contributed by atoms with Crippen LogP contribution in [0.25, 0.3) is 11.2 Å². The Morgan fingerprint density at radius 2 is 2.25 bits per heavy atom. The summed E-state index contributed by atoms with van der Waals surface area (Å²) < 4.78 is 1.93. The van der Waals surface area contributed by atoms with E-state index in [9.17, 15) is 0 Å². The van der Waals surface area contributed by atoms with E-state index in [1.807, 2.05) is 30.1 Å². The number of hydrogen-bond donors (Lipinski definition) is 0. The fraction of sp³-hybridized carbons (Fsp3) is 0.250. The van der Waals surface area contributed by atoms with Crippen molar-refractivity contribution in [3.8, 4) is 0 Å². The quantitative estimate of drug-likeness (QED) is 0.624. The van der Waals surface area contributed by atoms with Crippen LogP contribution in [-0.2, 0) is 7.05 Å². The van der Waals surface area contributed by atoms with Gasteiger partial charge < -0.3 is 4.57 Å². The van der Waals surface area contributed by atoms with Crippen molar-refractivity contribution in [3.05, 3.63) is 18.6 Å². The van der Waals surface area contributed by atoms with Crippen molar-refractivity contribution in [3.63, 3.8) is 0 Å². The number of hydrogen-bond acceptors (Lipinski definition) is 3. The van der Waals surface area contributed by atoms with E-state index < -0.39 is 0 Å². The van der Waals surface area contributed by atoms with Gasteiger partial charge in [0.25, 0.3) is 0 Å². The zero-order chi connectivity index (χ0) is 8.55. The van der Waals surface area contributed by atoms with Crippen LogP contribution in [0.2, 0.25) is 0 Å². The largest absolute Gasteiger partial charge is 0.318 e. The van der Waals surface area contributed by atoms with Crippen molar-refractivity contribution in [2.24, 2.45) is 7.05 Å². The Bertz CT molecular complexity index is 408. The van der Waals surface area contributed by atoms with Gasteiger partial charge in [-0.25, -0.2) is 9.97 Å². The molecule has 0 aliphatic heterocycles. The second kappa shape index (κ2) is 2.79. The SMILES string of the molecule is CSc1ccnc2c1ncn2C. The second-order valence-corrected chi connectivity index (χ2v) is 3.39. The molecule has 0 fully saturated rings. The number of aryl methyl sites for hydroxylation is 1. The summed E-state index contributed by atoms with van der Waals surface area (Å²) in [4.78, 5) is 9.69. The molecule has 0 spiro atoms. The normalized spacial score (nSPS) is 10.8. The zero-order valence-electron chi connectivity index (χ0n) is 6.98. The molecular weight excluding hydrogens is 170 g/mol. The summed E-state index contributed by atoms with van der Waals surface area (Å²) >= 11 is 1.70. The molecule has 0 saturated carbocycles. The van der Waals surface area contributed by atoms with Crippen LogP contribution in [0.3, 0.4) is 0 Å². The average molecular weight is 179 g/mol. The van der Waals surface area contributed by atoms with Gasteiger partial charge in [0, 0.05) is 18.1 Å². The molecule has 4 heteroatoms. The predicted octanol–water partition coefficient (Wildman–Crippen LogP) is 1.69. The summed E-state index contributed by atoms with van der Waals surface area (Å²) in [5.41, 5.74) is 1.94. The summed E-state index contributed by atoms with van der Waals surface area (Å²) in [5.74, 6) is 0. The maximum atomic E-state index is 4.27. The highest BCUT2D eigenvalue weighted by molar-refractivity contribution is 7.98. The molecule has 0 amide bonds. The van der Waals surface area contributed by atoms with E-state index in [4.69, 9.17) is 0 Å². The Kier molecular flexibility index (Phi) is 1.77. The fourth-order valence-corrected chi connectivity index (χ4v) is 1.70. The lowest BCUT2D eigenvalue weighted by Gasteiger charge is -1.96. The maximum Gasteiger partial charge on any atom is 0.160 e.